The summed E-state index contributed by atoms with van der Waals surface area (Å²) in [4.78, 5) is 12.4. The summed E-state index contributed by atoms with van der Waals surface area (Å²) in [7, 11) is 0.929. The van der Waals surface area contributed by atoms with Crippen molar-refractivity contribution in [3.05, 3.63) is 35.6 Å². The van der Waals surface area contributed by atoms with E-state index in [1.54, 1.807) is 12.1 Å². The van der Waals surface area contributed by atoms with Gasteiger partial charge in [0, 0.05) is 7.11 Å². The fourth-order valence-corrected chi connectivity index (χ4v) is 3.05. The SMILES string of the molecule is COC[C@@H](N)C(=O)N[C@@H](CCCc1ccc(F)cc1)B1OC(C)(C)C(C)(C)O1. The van der Waals surface area contributed by atoms with Crippen molar-refractivity contribution in [3.8, 4) is 0 Å². The summed E-state index contributed by atoms with van der Waals surface area (Å²) in [6.45, 7) is 8.03. The van der Waals surface area contributed by atoms with E-state index >= 15 is 0 Å². The standard InChI is InChI=1S/C20H32BFN2O4/c1-19(2)20(3,4)28-21(27-19)17(24-18(25)16(23)13-26-5)8-6-7-14-9-11-15(22)12-10-14/h9-12,16-17H,6-8,13,23H2,1-5H3,(H,24,25)/t16-,17+/m1/s1. The van der Waals surface area contributed by atoms with Crippen LogP contribution in [-0.4, -0.2) is 49.9 Å². The van der Waals surface area contributed by atoms with Crippen LogP contribution < -0.4 is 11.1 Å². The first-order chi connectivity index (χ1) is 13.1. The molecule has 28 heavy (non-hydrogen) atoms. The molecule has 0 aliphatic carbocycles. The van der Waals surface area contributed by atoms with Gasteiger partial charge in [0.25, 0.3) is 0 Å². The predicted molar refractivity (Wildman–Crippen MR) is 107 cm³/mol. The van der Waals surface area contributed by atoms with Gasteiger partial charge in [0.2, 0.25) is 5.91 Å². The Bertz CT molecular complexity index is 638. The van der Waals surface area contributed by atoms with Crippen molar-refractivity contribution < 1.29 is 23.2 Å². The number of amides is 1. The first-order valence-corrected chi connectivity index (χ1v) is 9.71. The fourth-order valence-electron chi connectivity index (χ4n) is 3.05. The highest BCUT2D eigenvalue weighted by Crippen LogP contribution is 2.38. The van der Waals surface area contributed by atoms with Gasteiger partial charge in [-0.05, 0) is 64.7 Å². The van der Waals surface area contributed by atoms with Crippen molar-refractivity contribution in [2.75, 3.05) is 13.7 Å². The van der Waals surface area contributed by atoms with Crippen molar-refractivity contribution in [3.63, 3.8) is 0 Å². The number of aryl methyl sites for hydroxylation is 1. The van der Waals surface area contributed by atoms with Gasteiger partial charge in [0.05, 0.1) is 23.8 Å². The highest BCUT2D eigenvalue weighted by Gasteiger charge is 2.54. The van der Waals surface area contributed by atoms with Crippen LogP contribution >= 0.6 is 0 Å². The predicted octanol–water partition coefficient (Wildman–Crippen LogP) is 2.24. The molecule has 0 aromatic heterocycles. The molecule has 1 aromatic rings. The molecule has 2 rings (SSSR count). The summed E-state index contributed by atoms with van der Waals surface area (Å²) in [5.41, 5.74) is 5.91. The number of ether oxygens (including phenoxy) is 1. The maximum Gasteiger partial charge on any atom is 0.481 e. The van der Waals surface area contributed by atoms with Gasteiger partial charge in [-0.3, -0.25) is 4.79 Å². The van der Waals surface area contributed by atoms with E-state index in [-0.39, 0.29) is 24.3 Å². The third kappa shape index (κ3) is 5.76. The molecular weight excluding hydrogens is 362 g/mol. The lowest BCUT2D eigenvalue weighted by Crippen LogP contribution is -2.53. The minimum atomic E-state index is -0.757. The molecule has 1 amide bonds. The number of carbonyl (C=O) groups excluding carboxylic acids is 1. The number of nitrogens with one attached hydrogen (secondary N) is 1. The first kappa shape index (κ1) is 22.8. The molecule has 1 aromatic carbocycles. The second-order valence-electron chi connectivity index (χ2n) is 8.32. The van der Waals surface area contributed by atoms with Crippen molar-refractivity contribution >= 4 is 13.0 Å². The minimum absolute atomic E-state index is 0.136. The fraction of sp³-hybridized carbons (Fsp3) is 0.650. The van der Waals surface area contributed by atoms with Gasteiger partial charge in [0.1, 0.15) is 11.9 Å². The molecule has 0 spiro atoms. The second kappa shape index (κ2) is 9.35. The van der Waals surface area contributed by atoms with Crippen LogP contribution in [0.4, 0.5) is 4.39 Å². The van der Waals surface area contributed by atoms with Crippen molar-refractivity contribution in [2.45, 2.75) is 70.1 Å². The van der Waals surface area contributed by atoms with E-state index in [1.807, 2.05) is 27.7 Å². The molecule has 1 fully saturated rings. The number of halogens is 1. The topological polar surface area (TPSA) is 82.8 Å². The van der Waals surface area contributed by atoms with Crippen LogP contribution in [0.5, 0.6) is 0 Å². The normalized spacial score (nSPS) is 20.0. The zero-order chi connectivity index (χ0) is 20.9. The number of carbonyl (C=O) groups is 1. The Hall–Kier alpha value is -1.48. The number of benzene rings is 1. The van der Waals surface area contributed by atoms with Crippen LogP contribution in [0.1, 0.15) is 46.1 Å². The lowest BCUT2D eigenvalue weighted by atomic mass is 9.75. The highest BCUT2D eigenvalue weighted by atomic mass is 19.1. The monoisotopic (exact) mass is 394 g/mol. The smallest absolute Gasteiger partial charge is 0.402 e. The summed E-state index contributed by atoms with van der Waals surface area (Å²) in [5.74, 6) is -0.904. The molecule has 1 heterocycles. The van der Waals surface area contributed by atoms with E-state index in [0.717, 1.165) is 18.4 Å². The minimum Gasteiger partial charge on any atom is -0.402 e. The Labute approximate surface area is 167 Å². The van der Waals surface area contributed by atoms with Crippen LogP contribution in [0.25, 0.3) is 0 Å². The Kier molecular flexibility index (Phi) is 7.62. The van der Waals surface area contributed by atoms with Gasteiger partial charge in [-0.25, -0.2) is 4.39 Å². The molecule has 156 valence electrons. The molecule has 1 saturated heterocycles. The van der Waals surface area contributed by atoms with Crippen LogP contribution in [-0.2, 0) is 25.3 Å². The lowest BCUT2D eigenvalue weighted by Gasteiger charge is -2.32. The van der Waals surface area contributed by atoms with Gasteiger partial charge in [-0.15, -0.1) is 0 Å². The molecule has 2 atom stereocenters. The van der Waals surface area contributed by atoms with Crippen LogP contribution in [0.3, 0.4) is 0 Å². The largest absolute Gasteiger partial charge is 0.481 e. The molecule has 1 aliphatic rings. The zero-order valence-corrected chi connectivity index (χ0v) is 17.5. The van der Waals surface area contributed by atoms with Crippen molar-refractivity contribution in [2.24, 2.45) is 5.73 Å². The third-order valence-corrected chi connectivity index (χ3v) is 5.50. The van der Waals surface area contributed by atoms with E-state index in [4.69, 9.17) is 19.8 Å². The summed E-state index contributed by atoms with van der Waals surface area (Å²) in [6.07, 6.45) is 2.18. The Morgan fingerprint density at radius 1 is 1.21 bits per heavy atom. The molecule has 0 saturated carbocycles. The maximum absolute atomic E-state index is 13.1. The molecule has 6 nitrogen and oxygen atoms in total. The van der Waals surface area contributed by atoms with E-state index in [1.165, 1.54) is 19.2 Å². The van der Waals surface area contributed by atoms with Crippen LogP contribution in [0, 0.1) is 5.82 Å². The molecule has 0 unspecified atom stereocenters. The maximum atomic E-state index is 13.1. The Balaban J connectivity index is 2.03. The number of methoxy groups -OCH3 is 1. The lowest BCUT2D eigenvalue weighted by molar-refractivity contribution is -0.123. The van der Waals surface area contributed by atoms with Gasteiger partial charge in [-0.1, -0.05) is 12.1 Å². The average molecular weight is 394 g/mol. The zero-order valence-electron chi connectivity index (χ0n) is 17.5. The molecular formula is C20H32BFN2O4. The van der Waals surface area contributed by atoms with E-state index in [0.29, 0.717) is 6.42 Å². The van der Waals surface area contributed by atoms with E-state index in [9.17, 15) is 9.18 Å². The van der Waals surface area contributed by atoms with Gasteiger partial charge >= 0.3 is 7.12 Å². The van der Waals surface area contributed by atoms with Crippen molar-refractivity contribution in [1.29, 1.82) is 0 Å². The summed E-state index contributed by atoms with van der Waals surface area (Å²) in [6, 6.07) is 5.68. The van der Waals surface area contributed by atoms with Gasteiger partial charge in [0.15, 0.2) is 0 Å². The molecule has 8 heteroatoms. The third-order valence-electron chi connectivity index (χ3n) is 5.50. The first-order valence-electron chi connectivity index (χ1n) is 9.71. The quantitative estimate of drug-likeness (QED) is 0.628. The number of nitrogens with two attached hydrogens (primary N) is 1. The number of rotatable bonds is 9. The van der Waals surface area contributed by atoms with Crippen LogP contribution in [0.15, 0.2) is 24.3 Å². The van der Waals surface area contributed by atoms with E-state index in [2.05, 4.69) is 5.32 Å². The summed E-state index contributed by atoms with van der Waals surface area (Å²) in [5, 5.41) is 2.96. The van der Waals surface area contributed by atoms with Gasteiger partial charge < -0.3 is 25.1 Å². The number of hydrogen-bond donors (Lipinski definition) is 2. The Morgan fingerprint density at radius 3 is 2.32 bits per heavy atom. The summed E-state index contributed by atoms with van der Waals surface area (Å²) >= 11 is 0. The molecule has 1 aliphatic heterocycles. The Morgan fingerprint density at radius 2 is 1.79 bits per heavy atom. The van der Waals surface area contributed by atoms with E-state index < -0.39 is 24.4 Å². The number of hydrogen-bond acceptors (Lipinski definition) is 5. The summed E-state index contributed by atoms with van der Waals surface area (Å²) < 4.78 is 30.3. The van der Waals surface area contributed by atoms with Crippen LogP contribution in [0.2, 0.25) is 0 Å². The highest BCUT2D eigenvalue weighted by molar-refractivity contribution is 6.48. The van der Waals surface area contributed by atoms with Crippen molar-refractivity contribution in [1.82, 2.24) is 5.32 Å². The average Bonchev–Trinajstić information content (AvgIpc) is 2.83. The molecule has 0 bridgehead atoms. The van der Waals surface area contributed by atoms with Gasteiger partial charge in [-0.2, -0.15) is 0 Å². The second-order valence-corrected chi connectivity index (χ2v) is 8.32. The molecule has 0 radical (unpaired) electrons. The molecule has 3 N–H and O–H groups in total.